The van der Waals surface area contributed by atoms with Gasteiger partial charge in [0.25, 0.3) is 0 Å². The van der Waals surface area contributed by atoms with Crippen LogP contribution in [0.2, 0.25) is 0 Å². The Labute approximate surface area is 88.8 Å². The molecule has 0 amide bonds. The predicted molar refractivity (Wildman–Crippen MR) is 54.5 cm³/mol. The highest BCUT2D eigenvalue weighted by molar-refractivity contribution is 5.04. The zero-order chi connectivity index (χ0) is 10.3. The minimum atomic E-state index is 0.347. The van der Waals surface area contributed by atoms with Crippen LogP contribution in [0.3, 0.4) is 0 Å². The Morgan fingerprint density at radius 1 is 1.47 bits per heavy atom. The topological polar surface area (TPSA) is 54.2 Å². The zero-order valence-electron chi connectivity index (χ0n) is 8.94. The quantitative estimate of drug-likeness (QED) is 0.768. The maximum absolute atomic E-state index is 5.35. The van der Waals surface area contributed by atoms with Crippen LogP contribution in [0.25, 0.3) is 0 Å². The molecular weight excluding hydrogens is 192 g/mol. The van der Waals surface area contributed by atoms with Crippen LogP contribution in [0.15, 0.2) is 4.52 Å². The van der Waals surface area contributed by atoms with Crippen LogP contribution < -0.4 is 5.32 Å². The van der Waals surface area contributed by atoms with Crippen molar-refractivity contribution in [2.24, 2.45) is 0 Å². The fraction of sp³-hybridized carbons (Fsp3) is 0.800. The molecule has 0 radical (unpaired) electrons. The van der Waals surface area contributed by atoms with Gasteiger partial charge in [0.1, 0.15) is 0 Å². The summed E-state index contributed by atoms with van der Waals surface area (Å²) in [5, 5.41) is 7.28. The van der Waals surface area contributed by atoms with Crippen molar-refractivity contribution in [2.75, 3.05) is 26.7 Å². The smallest absolute Gasteiger partial charge is 0.243 e. The van der Waals surface area contributed by atoms with E-state index in [9.17, 15) is 0 Å². The van der Waals surface area contributed by atoms with E-state index >= 15 is 0 Å². The summed E-state index contributed by atoms with van der Waals surface area (Å²) in [5.74, 6) is 2.15. The van der Waals surface area contributed by atoms with E-state index in [1.54, 1.807) is 0 Å². The summed E-state index contributed by atoms with van der Waals surface area (Å²) < 4.78 is 5.35. The zero-order valence-corrected chi connectivity index (χ0v) is 8.94. The minimum absolute atomic E-state index is 0.347. The molecule has 5 heteroatoms. The van der Waals surface area contributed by atoms with Crippen LogP contribution in [0.1, 0.15) is 36.5 Å². The Balaban J connectivity index is 1.77. The highest BCUT2D eigenvalue weighted by atomic mass is 16.5. The van der Waals surface area contributed by atoms with E-state index in [1.807, 2.05) is 0 Å². The first-order chi connectivity index (χ1) is 7.34. The van der Waals surface area contributed by atoms with E-state index in [1.165, 1.54) is 6.42 Å². The van der Waals surface area contributed by atoms with Gasteiger partial charge in [0, 0.05) is 19.0 Å². The average Bonchev–Trinajstić information content (AvgIpc) is 2.70. The SMILES string of the molecule is CN1CCCC1c1nc(C2CNC2)no1. The minimum Gasteiger partial charge on any atom is -0.338 e. The lowest BCUT2D eigenvalue weighted by atomic mass is 10.0. The molecule has 0 spiro atoms. The normalized spacial score (nSPS) is 28.2. The lowest BCUT2D eigenvalue weighted by molar-refractivity contribution is 0.243. The molecule has 2 saturated heterocycles. The second-order valence-electron chi connectivity index (χ2n) is 4.48. The van der Waals surface area contributed by atoms with Crippen molar-refractivity contribution in [3.8, 4) is 0 Å². The molecular formula is C10H16N4O. The second-order valence-corrected chi connectivity index (χ2v) is 4.48. The molecule has 2 fully saturated rings. The number of likely N-dealkylation sites (tertiary alicyclic amines) is 1. The molecule has 0 aromatic carbocycles. The van der Waals surface area contributed by atoms with Crippen molar-refractivity contribution in [3.63, 3.8) is 0 Å². The standard InChI is InChI=1S/C10H16N4O/c1-14-4-2-3-8(14)10-12-9(13-15-10)7-5-11-6-7/h7-8,11H,2-6H2,1H3. The summed E-state index contributed by atoms with van der Waals surface area (Å²) in [6.07, 6.45) is 2.37. The Kier molecular flexibility index (Phi) is 2.21. The maximum Gasteiger partial charge on any atom is 0.243 e. The molecule has 1 atom stereocenters. The number of nitrogens with zero attached hydrogens (tertiary/aromatic N) is 3. The first kappa shape index (κ1) is 9.30. The summed E-state index contributed by atoms with van der Waals surface area (Å²) in [7, 11) is 2.12. The molecule has 1 aromatic rings. The summed E-state index contributed by atoms with van der Waals surface area (Å²) in [6.45, 7) is 3.10. The molecule has 3 heterocycles. The molecule has 3 rings (SSSR count). The van der Waals surface area contributed by atoms with Gasteiger partial charge in [-0.3, -0.25) is 4.90 Å². The fourth-order valence-corrected chi connectivity index (χ4v) is 2.24. The molecule has 1 unspecified atom stereocenters. The third-order valence-electron chi connectivity index (χ3n) is 3.41. The van der Waals surface area contributed by atoms with Crippen molar-refractivity contribution < 1.29 is 4.52 Å². The van der Waals surface area contributed by atoms with Gasteiger partial charge in [0.15, 0.2) is 5.82 Å². The average molecular weight is 208 g/mol. The summed E-state index contributed by atoms with van der Waals surface area (Å²) in [4.78, 5) is 6.79. The van der Waals surface area contributed by atoms with Crippen LogP contribution in [0, 0.1) is 0 Å². The number of hydrogen-bond donors (Lipinski definition) is 1. The van der Waals surface area contributed by atoms with Crippen molar-refractivity contribution in [1.82, 2.24) is 20.4 Å². The molecule has 5 nitrogen and oxygen atoms in total. The van der Waals surface area contributed by atoms with E-state index in [4.69, 9.17) is 4.52 Å². The number of rotatable bonds is 2. The first-order valence-corrected chi connectivity index (χ1v) is 5.59. The molecule has 15 heavy (non-hydrogen) atoms. The van der Waals surface area contributed by atoms with Crippen LogP contribution in [0.4, 0.5) is 0 Å². The van der Waals surface area contributed by atoms with Gasteiger partial charge in [-0.2, -0.15) is 4.98 Å². The van der Waals surface area contributed by atoms with Crippen LogP contribution in [0.5, 0.6) is 0 Å². The maximum atomic E-state index is 5.35. The lowest BCUT2D eigenvalue weighted by Crippen LogP contribution is -2.40. The van der Waals surface area contributed by atoms with Gasteiger partial charge in [-0.05, 0) is 26.4 Å². The Morgan fingerprint density at radius 3 is 2.93 bits per heavy atom. The lowest BCUT2D eigenvalue weighted by Gasteiger charge is -2.23. The van der Waals surface area contributed by atoms with Gasteiger partial charge < -0.3 is 9.84 Å². The van der Waals surface area contributed by atoms with Gasteiger partial charge in [-0.1, -0.05) is 5.16 Å². The first-order valence-electron chi connectivity index (χ1n) is 5.59. The van der Waals surface area contributed by atoms with E-state index in [2.05, 4.69) is 27.4 Å². The molecule has 2 aliphatic rings. The van der Waals surface area contributed by atoms with Crippen LogP contribution in [-0.2, 0) is 0 Å². The summed E-state index contributed by atoms with van der Waals surface area (Å²) >= 11 is 0. The summed E-state index contributed by atoms with van der Waals surface area (Å²) in [6, 6.07) is 0.347. The fourth-order valence-electron chi connectivity index (χ4n) is 2.24. The van der Waals surface area contributed by atoms with Gasteiger partial charge in [-0.15, -0.1) is 0 Å². The third-order valence-corrected chi connectivity index (χ3v) is 3.41. The highest BCUT2D eigenvalue weighted by Crippen LogP contribution is 2.30. The Bertz CT molecular complexity index is 347. The largest absolute Gasteiger partial charge is 0.338 e. The van der Waals surface area contributed by atoms with Gasteiger partial charge in [-0.25, -0.2) is 0 Å². The molecule has 1 N–H and O–H groups in total. The molecule has 1 aromatic heterocycles. The van der Waals surface area contributed by atoms with Gasteiger partial charge in [0.2, 0.25) is 5.89 Å². The van der Waals surface area contributed by atoms with Crippen molar-refractivity contribution >= 4 is 0 Å². The van der Waals surface area contributed by atoms with E-state index in [0.717, 1.165) is 37.8 Å². The van der Waals surface area contributed by atoms with Gasteiger partial charge in [0.05, 0.1) is 6.04 Å². The molecule has 2 aliphatic heterocycles. The molecule has 0 bridgehead atoms. The van der Waals surface area contributed by atoms with E-state index in [-0.39, 0.29) is 0 Å². The Hall–Kier alpha value is -0.940. The number of aromatic nitrogens is 2. The monoisotopic (exact) mass is 208 g/mol. The van der Waals surface area contributed by atoms with Crippen molar-refractivity contribution in [3.05, 3.63) is 11.7 Å². The van der Waals surface area contributed by atoms with E-state index in [0.29, 0.717) is 12.0 Å². The third kappa shape index (κ3) is 1.55. The van der Waals surface area contributed by atoms with E-state index < -0.39 is 0 Å². The molecule has 82 valence electrons. The number of hydrogen-bond acceptors (Lipinski definition) is 5. The van der Waals surface area contributed by atoms with Gasteiger partial charge >= 0.3 is 0 Å². The van der Waals surface area contributed by atoms with Crippen LogP contribution in [-0.4, -0.2) is 41.7 Å². The highest BCUT2D eigenvalue weighted by Gasteiger charge is 2.30. The van der Waals surface area contributed by atoms with Crippen LogP contribution >= 0.6 is 0 Å². The molecule has 0 aliphatic carbocycles. The summed E-state index contributed by atoms with van der Waals surface area (Å²) in [5.41, 5.74) is 0. The number of nitrogens with one attached hydrogen (secondary N) is 1. The Morgan fingerprint density at radius 2 is 2.33 bits per heavy atom. The van der Waals surface area contributed by atoms with Crippen molar-refractivity contribution in [2.45, 2.75) is 24.8 Å². The second kappa shape index (κ2) is 3.57. The van der Waals surface area contributed by atoms with Crippen molar-refractivity contribution in [1.29, 1.82) is 0 Å². The molecule has 0 saturated carbocycles. The predicted octanol–water partition coefficient (Wildman–Crippen LogP) is 0.523.